The van der Waals surface area contributed by atoms with Crippen LogP contribution in [-0.2, 0) is 14.5 Å². The minimum Gasteiger partial charge on any atom is -0.352 e. The van der Waals surface area contributed by atoms with Gasteiger partial charge in [0.05, 0.1) is 4.90 Å². The summed E-state index contributed by atoms with van der Waals surface area (Å²) in [5.74, 6) is -1.52. The standard InChI is InChI=1S/C13H16F4N2O2S/c1-3-9(2)19-12(20)8-18-22(21,13(15,16)17)11-6-4-10(14)5-7-11/h4-7,9H,3,8H2,1-2H3,(H,19,20)/t9-,22-/m0/s1. The van der Waals surface area contributed by atoms with Crippen molar-refractivity contribution in [3.05, 3.63) is 30.1 Å². The zero-order chi connectivity index (χ0) is 17.0. The Balaban J connectivity index is 3.13. The predicted molar refractivity (Wildman–Crippen MR) is 74.1 cm³/mol. The minimum atomic E-state index is -5.17. The normalized spacial score (nSPS) is 15.7. The number of nitrogens with one attached hydrogen (secondary N) is 1. The van der Waals surface area contributed by atoms with Crippen molar-refractivity contribution in [3.8, 4) is 0 Å². The monoisotopic (exact) mass is 340 g/mol. The van der Waals surface area contributed by atoms with E-state index < -0.39 is 38.4 Å². The van der Waals surface area contributed by atoms with Crippen molar-refractivity contribution in [3.63, 3.8) is 0 Å². The van der Waals surface area contributed by atoms with Gasteiger partial charge in [0.15, 0.2) is 9.73 Å². The van der Waals surface area contributed by atoms with E-state index in [0.29, 0.717) is 6.42 Å². The highest BCUT2D eigenvalue weighted by atomic mass is 32.2. The Morgan fingerprint density at radius 3 is 2.32 bits per heavy atom. The minimum absolute atomic E-state index is 0.226. The van der Waals surface area contributed by atoms with Crippen LogP contribution in [0.15, 0.2) is 33.5 Å². The molecule has 9 heteroatoms. The van der Waals surface area contributed by atoms with Crippen molar-refractivity contribution < 1.29 is 26.6 Å². The highest BCUT2D eigenvalue weighted by Crippen LogP contribution is 2.32. The molecule has 0 bridgehead atoms. The van der Waals surface area contributed by atoms with Gasteiger partial charge in [-0.05, 0) is 37.6 Å². The first-order valence-electron chi connectivity index (χ1n) is 6.44. The van der Waals surface area contributed by atoms with E-state index in [0.717, 1.165) is 24.3 Å². The average molecular weight is 340 g/mol. The van der Waals surface area contributed by atoms with E-state index in [2.05, 4.69) is 9.68 Å². The number of carbonyl (C=O) groups excluding carboxylic acids is 1. The van der Waals surface area contributed by atoms with Crippen LogP contribution in [0.5, 0.6) is 0 Å². The molecule has 1 aromatic carbocycles. The van der Waals surface area contributed by atoms with Crippen LogP contribution < -0.4 is 5.32 Å². The summed E-state index contributed by atoms with van der Waals surface area (Å²) in [7, 11) is -4.84. The van der Waals surface area contributed by atoms with Gasteiger partial charge in [0, 0.05) is 6.04 Å². The lowest BCUT2D eigenvalue weighted by Gasteiger charge is -2.15. The fourth-order valence-electron chi connectivity index (χ4n) is 1.47. The molecule has 0 aliphatic heterocycles. The van der Waals surface area contributed by atoms with Gasteiger partial charge in [-0.15, -0.1) is 0 Å². The van der Waals surface area contributed by atoms with E-state index in [9.17, 15) is 26.6 Å². The van der Waals surface area contributed by atoms with Crippen molar-refractivity contribution in [2.45, 2.75) is 36.7 Å². The highest BCUT2D eigenvalue weighted by molar-refractivity contribution is 7.94. The van der Waals surface area contributed by atoms with Crippen LogP contribution >= 0.6 is 0 Å². The topological polar surface area (TPSA) is 58.5 Å². The molecule has 0 unspecified atom stereocenters. The molecule has 0 aliphatic carbocycles. The second-order valence-electron chi connectivity index (χ2n) is 4.59. The average Bonchev–Trinajstić information content (AvgIpc) is 2.44. The van der Waals surface area contributed by atoms with Gasteiger partial charge in [-0.2, -0.15) is 13.2 Å². The van der Waals surface area contributed by atoms with Crippen LogP contribution in [0.25, 0.3) is 0 Å². The Hall–Kier alpha value is -1.64. The van der Waals surface area contributed by atoms with Gasteiger partial charge in [-0.3, -0.25) is 4.79 Å². The third kappa shape index (κ3) is 4.43. The van der Waals surface area contributed by atoms with Gasteiger partial charge < -0.3 is 5.32 Å². The van der Waals surface area contributed by atoms with Gasteiger partial charge in [-0.1, -0.05) is 6.92 Å². The molecule has 1 amide bonds. The van der Waals surface area contributed by atoms with Crippen molar-refractivity contribution in [2.24, 2.45) is 4.36 Å². The van der Waals surface area contributed by atoms with Crippen LogP contribution in [0.1, 0.15) is 20.3 Å². The lowest BCUT2D eigenvalue weighted by atomic mass is 10.2. The maximum absolute atomic E-state index is 13.1. The smallest absolute Gasteiger partial charge is 0.352 e. The molecular weight excluding hydrogens is 324 g/mol. The molecule has 124 valence electrons. The van der Waals surface area contributed by atoms with Crippen molar-refractivity contribution >= 4 is 15.6 Å². The molecule has 4 nitrogen and oxygen atoms in total. The maximum atomic E-state index is 13.1. The van der Waals surface area contributed by atoms with E-state index in [1.54, 1.807) is 13.8 Å². The Labute approximate surface area is 126 Å². The predicted octanol–water partition coefficient (Wildman–Crippen LogP) is 3.09. The molecule has 0 saturated carbocycles. The van der Waals surface area contributed by atoms with Crippen molar-refractivity contribution in [1.82, 2.24) is 5.32 Å². The Kier molecular flexibility index (Phi) is 5.92. The Morgan fingerprint density at radius 2 is 1.86 bits per heavy atom. The molecule has 1 rings (SSSR count). The molecular formula is C13H16F4N2O2S. The molecule has 0 aromatic heterocycles. The number of benzene rings is 1. The van der Waals surface area contributed by atoms with Crippen LogP contribution in [0.4, 0.5) is 17.6 Å². The molecule has 0 spiro atoms. The molecule has 0 aliphatic rings. The summed E-state index contributed by atoms with van der Waals surface area (Å²) in [5, 5.41) is 2.43. The lowest BCUT2D eigenvalue weighted by Crippen LogP contribution is -2.34. The molecule has 0 heterocycles. The third-order valence-electron chi connectivity index (χ3n) is 2.86. The van der Waals surface area contributed by atoms with Crippen LogP contribution in [-0.4, -0.2) is 28.2 Å². The molecule has 2 atom stereocenters. The number of amides is 1. The number of hydrogen-bond acceptors (Lipinski definition) is 3. The number of carbonyl (C=O) groups is 1. The SMILES string of the molecule is CC[C@H](C)NC(=O)CN=[S@](=O)(c1ccc(F)cc1)C(F)(F)F. The van der Waals surface area contributed by atoms with Crippen LogP contribution in [0, 0.1) is 5.82 Å². The molecule has 0 fully saturated rings. The third-order valence-corrected chi connectivity index (χ3v) is 4.89. The number of hydrogen-bond donors (Lipinski definition) is 1. The summed E-state index contributed by atoms with van der Waals surface area (Å²) >= 11 is 0. The summed E-state index contributed by atoms with van der Waals surface area (Å²) in [6, 6.07) is 2.79. The van der Waals surface area contributed by atoms with E-state index in [1.807, 2.05) is 0 Å². The Bertz CT molecular complexity index is 634. The fraction of sp³-hybridized carbons (Fsp3) is 0.462. The van der Waals surface area contributed by atoms with E-state index in [-0.39, 0.29) is 6.04 Å². The van der Waals surface area contributed by atoms with Gasteiger partial charge in [0.1, 0.15) is 12.4 Å². The first-order valence-corrected chi connectivity index (χ1v) is 7.96. The van der Waals surface area contributed by atoms with E-state index >= 15 is 0 Å². The fourth-order valence-corrected chi connectivity index (χ4v) is 2.84. The number of nitrogens with zero attached hydrogens (tertiary/aromatic N) is 1. The zero-order valence-corrected chi connectivity index (χ0v) is 12.8. The summed E-state index contributed by atoms with van der Waals surface area (Å²) in [6.07, 6.45) is 0.596. The number of rotatable bonds is 5. The lowest BCUT2D eigenvalue weighted by molar-refractivity contribution is -0.120. The summed E-state index contributed by atoms with van der Waals surface area (Å²) in [6.45, 7) is 2.58. The first-order chi connectivity index (χ1) is 10.1. The molecule has 0 saturated heterocycles. The van der Waals surface area contributed by atoms with E-state index in [1.165, 1.54) is 0 Å². The van der Waals surface area contributed by atoms with Crippen molar-refractivity contribution in [2.75, 3.05) is 6.54 Å². The first kappa shape index (κ1) is 18.4. The van der Waals surface area contributed by atoms with Crippen LogP contribution in [0.2, 0.25) is 0 Å². The second-order valence-corrected chi connectivity index (χ2v) is 6.83. The largest absolute Gasteiger partial charge is 0.483 e. The van der Waals surface area contributed by atoms with Gasteiger partial charge >= 0.3 is 5.51 Å². The molecule has 22 heavy (non-hydrogen) atoms. The molecule has 1 N–H and O–H groups in total. The summed E-state index contributed by atoms with van der Waals surface area (Å²) in [5.41, 5.74) is -5.17. The zero-order valence-electron chi connectivity index (χ0n) is 12.0. The quantitative estimate of drug-likeness (QED) is 0.838. The van der Waals surface area contributed by atoms with Gasteiger partial charge in [0.25, 0.3) is 0 Å². The van der Waals surface area contributed by atoms with Gasteiger partial charge in [0.2, 0.25) is 5.91 Å². The summed E-state index contributed by atoms with van der Waals surface area (Å²) < 4.78 is 67.3. The molecule has 0 radical (unpaired) electrons. The second kappa shape index (κ2) is 7.08. The number of alkyl halides is 3. The van der Waals surface area contributed by atoms with E-state index in [4.69, 9.17) is 0 Å². The summed E-state index contributed by atoms with van der Waals surface area (Å²) in [4.78, 5) is 10.8. The maximum Gasteiger partial charge on any atom is 0.483 e. The molecule has 1 aromatic rings. The number of halogens is 4. The highest BCUT2D eigenvalue weighted by Gasteiger charge is 2.44. The van der Waals surface area contributed by atoms with Crippen LogP contribution in [0.3, 0.4) is 0 Å². The van der Waals surface area contributed by atoms with Gasteiger partial charge in [-0.25, -0.2) is 13.0 Å². The Morgan fingerprint density at radius 1 is 1.32 bits per heavy atom. The van der Waals surface area contributed by atoms with Crippen molar-refractivity contribution in [1.29, 1.82) is 0 Å².